The Morgan fingerprint density at radius 1 is 0.846 bits per heavy atom. The van der Waals surface area contributed by atoms with Gasteiger partial charge in [0.1, 0.15) is 11.3 Å². The Balaban J connectivity index is 0.000000353. The molecule has 4 N–H and O–H groups in total. The van der Waals surface area contributed by atoms with Crippen LogP contribution in [0.5, 0.6) is 5.75 Å². The highest BCUT2D eigenvalue weighted by atomic mass is 32.2. The number of carbonyl (C=O) groups excluding carboxylic acids is 1. The number of aromatic hydroxyl groups is 1. The molecule has 0 saturated heterocycles. The number of nitrogens with one attached hydrogen (secondary N) is 2. The first-order chi connectivity index (χ1) is 18.0. The number of aromatic amines is 1. The third kappa shape index (κ3) is 7.13. The SMILES string of the molecule is CC(C)(C)c1cc(C(C)(C)C)c(NC(=O)c2c[nH]c3ccccc3c2=O)cc1O.O=S(=O)(O)c1ccccc1. The molecular formula is C30H34N2O6S. The van der Waals surface area contributed by atoms with Gasteiger partial charge in [-0.1, -0.05) is 71.9 Å². The fourth-order valence-electron chi connectivity index (χ4n) is 4.03. The highest BCUT2D eigenvalue weighted by molar-refractivity contribution is 7.85. The molecular weight excluding hydrogens is 516 g/mol. The van der Waals surface area contributed by atoms with Gasteiger partial charge in [-0.05, 0) is 52.3 Å². The quantitative estimate of drug-likeness (QED) is 0.231. The summed E-state index contributed by atoms with van der Waals surface area (Å²) in [5, 5.41) is 13.9. The number of carbonyl (C=O) groups is 1. The van der Waals surface area contributed by atoms with Crippen molar-refractivity contribution in [3.05, 3.63) is 99.8 Å². The van der Waals surface area contributed by atoms with Crippen LogP contribution in [-0.2, 0) is 20.9 Å². The van der Waals surface area contributed by atoms with Crippen molar-refractivity contribution in [3.8, 4) is 5.75 Å². The molecule has 0 aliphatic carbocycles. The van der Waals surface area contributed by atoms with E-state index in [1.807, 2.05) is 53.7 Å². The third-order valence-corrected chi connectivity index (χ3v) is 6.94. The van der Waals surface area contributed by atoms with E-state index < -0.39 is 16.0 Å². The zero-order valence-corrected chi connectivity index (χ0v) is 23.7. The van der Waals surface area contributed by atoms with Crippen molar-refractivity contribution in [1.29, 1.82) is 0 Å². The van der Waals surface area contributed by atoms with Gasteiger partial charge in [0.15, 0.2) is 0 Å². The fourth-order valence-corrected chi connectivity index (χ4v) is 4.53. The van der Waals surface area contributed by atoms with Crippen molar-refractivity contribution in [2.75, 3.05) is 5.32 Å². The number of fused-ring (bicyclic) bond motifs is 1. The van der Waals surface area contributed by atoms with Crippen LogP contribution in [0.15, 0.2) is 82.6 Å². The number of H-pyrrole nitrogens is 1. The Morgan fingerprint density at radius 3 is 1.95 bits per heavy atom. The van der Waals surface area contributed by atoms with Gasteiger partial charge in [-0.3, -0.25) is 14.1 Å². The van der Waals surface area contributed by atoms with Crippen molar-refractivity contribution in [3.63, 3.8) is 0 Å². The van der Waals surface area contributed by atoms with E-state index in [0.29, 0.717) is 16.6 Å². The second-order valence-electron chi connectivity index (χ2n) is 11.2. The van der Waals surface area contributed by atoms with Crippen LogP contribution in [-0.4, -0.2) is 29.0 Å². The molecule has 0 bridgehead atoms. The average Bonchev–Trinajstić information content (AvgIpc) is 2.83. The van der Waals surface area contributed by atoms with Crippen LogP contribution in [0, 0.1) is 0 Å². The van der Waals surface area contributed by atoms with E-state index in [2.05, 4.69) is 10.3 Å². The highest BCUT2D eigenvalue weighted by Crippen LogP contribution is 2.39. The molecule has 1 heterocycles. The molecule has 0 aliphatic rings. The Labute approximate surface area is 228 Å². The van der Waals surface area contributed by atoms with E-state index >= 15 is 0 Å². The Kier molecular flexibility index (Phi) is 8.38. The van der Waals surface area contributed by atoms with Gasteiger partial charge in [0.2, 0.25) is 5.43 Å². The fraction of sp³-hybridized carbons (Fsp3) is 0.267. The van der Waals surface area contributed by atoms with Crippen LogP contribution in [0.1, 0.15) is 63.0 Å². The minimum absolute atomic E-state index is 0.0305. The van der Waals surface area contributed by atoms with E-state index in [0.717, 1.165) is 11.1 Å². The van der Waals surface area contributed by atoms with Gasteiger partial charge < -0.3 is 15.4 Å². The van der Waals surface area contributed by atoms with Crippen molar-refractivity contribution >= 4 is 32.6 Å². The summed E-state index contributed by atoms with van der Waals surface area (Å²) in [5.41, 5.74) is 2.06. The number of anilines is 1. The highest BCUT2D eigenvalue weighted by Gasteiger charge is 2.26. The number of phenolic OH excluding ortho intramolecular Hbond substituents is 1. The lowest BCUT2D eigenvalue weighted by atomic mass is 9.79. The van der Waals surface area contributed by atoms with E-state index in [1.165, 1.54) is 18.3 Å². The van der Waals surface area contributed by atoms with Crippen molar-refractivity contribution in [2.45, 2.75) is 57.3 Å². The predicted octanol–water partition coefficient (Wildman–Crippen LogP) is 6.01. The number of amides is 1. The molecule has 4 rings (SSSR count). The molecule has 0 unspecified atom stereocenters. The molecule has 1 aromatic heterocycles. The molecule has 0 spiro atoms. The van der Waals surface area contributed by atoms with E-state index in [1.54, 1.807) is 42.5 Å². The summed E-state index contributed by atoms with van der Waals surface area (Å²) in [6, 6.07) is 18.0. The number of para-hydroxylation sites is 1. The van der Waals surface area contributed by atoms with Gasteiger partial charge in [-0.2, -0.15) is 8.42 Å². The molecule has 0 fully saturated rings. The number of rotatable bonds is 3. The molecule has 4 aromatic rings. The van der Waals surface area contributed by atoms with Crippen LogP contribution in [0.3, 0.4) is 0 Å². The van der Waals surface area contributed by atoms with E-state index in [-0.39, 0.29) is 32.5 Å². The number of hydrogen-bond donors (Lipinski definition) is 4. The zero-order valence-electron chi connectivity index (χ0n) is 22.9. The largest absolute Gasteiger partial charge is 0.508 e. The smallest absolute Gasteiger partial charge is 0.294 e. The minimum Gasteiger partial charge on any atom is -0.508 e. The minimum atomic E-state index is -4.00. The van der Waals surface area contributed by atoms with Crippen molar-refractivity contribution in [1.82, 2.24) is 4.98 Å². The first-order valence-corrected chi connectivity index (χ1v) is 13.8. The number of aromatic nitrogens is 1. The first kappa shape index (κ1) is 29.6. The summed E-state index contributed by atoms with van der Waals surface area (Å²) >= 11 is 0. The summed E-state index contributed by atoms with van der Waals surface area (Å²) in [4.78, 5) is 28.6. The number of benzene rings is 3. The van der Waals surface area contributed by atoms with Crippen LogP contribution in [0.25, 0.3) is 10.9 Å². The van der Waals surface area contributed by atoms with Crippen LogP contribution >= 0.6 is 0 Å². The monoisotopic (exact) mass is 550 g/mol. The topological polar surface area (TPSA) is 137 Å². The van der Waals surface area contributed by atoms with Crippen LogP contribution < -0.4 is 10.7 Å². The number of hydrogen-bond acceptors (Lipinski definition) is 5. The average molecular weight is 551 g/mol. The van der Waals surface area contributed by atoms with Gasteiger partial charge >= 0.3 is 0 Å². The summed E-state index contributed by atoms with van der Waals surface area (Å²) < 4.78 is 29.2. The van der Waals surface area contributed by atoms with E-state index in [4.69, 9.17) is 4.55 Å². The molecule has 0 saturated carbocycles. The second-order valence-corrected chi connectivity index (χ2v) is 12.7. The Bertz CT molecular complexity index is 1660. The van der Waals surface area contributed by atoms with Crippen molar-refractivity contribution < 1.29 is 22.9 Å². The lowest BCUT2D eigenvalue weighted by molar-refractivity contribution is 0.102. The molecule has 0 radical (unpaired) electrons. The summed E-state index contributed by atoms with van der Waals surface area (Å²) in [6.07, 6.45) is 1.43. The predicted molar refractivity (Wildman–Crippen MR) is 154 cm³/mol. The number of phenols is 1. The van der Waals surface area contributed by atoms with Crippen LogP contribution in [0.4, 0.5) is 5.69 Å². The molecule has 9 heteroatoms. The lowest BCUT2D eigenvalue weighted by Gasteiger charge is -2.28. The number of pyridine rings is 1. The molecule has 8 nitrogen and oxygen atoms in total. The first-order valence-electron chi connectivity index (χ1n) is 12.3. The van der Waals surface area contributed by atoms with Crippen molar-refractivity contribution in [2.24, 2.45) is 0 Å². The van der Waals surface area contributed by atoms with Gasteiger partial charge in [0.25, 0.3) is 16.0 Å². The van der Waals surface area contributed by atoms with Gasteiger partial charge in [-0.25, -0.2) is 0 Å². The van der Waals surface area contributed by atoms with E-state index in [9.17, 15) is 23.1 Å². The summed E-state index contributed by atoms with van der Waals surface area (Å²) in [7, 11) is -4.00. The maximum Gasteiger partial charge on any atom is 0.294 e. The second kappa shape index (κ2) is 11.0. The van der Waals surface area contributed by atoms with Gasteiger partial charge in [-0.15, -0.1) is 0 Å². The maximum absolute atomic E-state index is 12.9. The molecule has 206 valence electrons. The Hall–Kier alpha value is -3.95. The summed E-state index contributed by atoms with van der Waals surface area (Å²) in [5.74, 6) is -0.390. The zero-order chi connectivity index (χ0) is 29.2. The molecule has 0 aliphatic heterocycles. The molecule has 0 atom stereocenters. The third-order valence-electron chi connectivity index (χ3n) is 6.07. The van der Waals surface area contributed by atoms with Crippen LogP contribution in [0.2, 0.25) is 0 Å². The van der Waals surface area contributed by atoms with Gasteiger partial charge in [0, 0.05) is 28.9 Å². The Morgan fingerprint density at radius 2 is 1.41 bits per heavy atom. The lowest BCUT2D eigenvalue weighted by Crippen LogP contribution is -2.25. The maximum atomic E-state index is 12.9. The van der Waals surface area contributed by atoms with Gasteiger partial charge in [0.05, 0.1) is 4.90 Å². The standard InChI is InChI=1S/C24H28N2O3.C6H6O3S/c1-23(2,3)16-11-17(24(4,5)6)20(27)12-19(16)26-22(29)15-13-25-18-10-8-7-9-14(18)21(15)28;7-10(8,9)6-4-2-1-3-5-6/h7-13,27H,1-6H3,(H,25,28)(H,26,29);1-5H,(H,7,8,9). The molecule has 39 heavy (non-hydrogen) atoms. The summed E-state index contributed by atoms with van der Waals surface area (Å²) in [6.45, 7) is 12.2. The normalized spacial score (nSPS) is 12.0. The molecule has 1 amide bonds. The molecule has 3 aromatic carbocycles.